The van der Waals surface area contributed by atoms with Crippen molar-refractivity contribution in [3.05, 3.63) is 46.8 Å². The molecule has 1 amide bonds. The lowest BCUT2D eigenvalue weighted by molar-refractivity contribution is -0.115. The van der Waals surface area contributed by atoms with E-state index in [-0.39, 0.29) is 16.7 Å². The first-order valence-electron chi connectivity index (χ1n) is 7.10. The number of carbonyl (C=O) groups excluding carboxylic acids is 1. The molecule has 0 atom stereocenters. The number of ether oxygens (including phenoxy) is 1. The van der Waals surface area contributed by atoms with E-state index in [4.69, 9.17) is 15.6 Å². The van der Waals surface area contributed by atoms with Gasteiger partial charge in [0, 0.05) is 6.92 Å². The van der Waals surface area contributed by atoms with Crippen molar-refractivity contribution < 1.29 is 19.4 Å². The van der Waals surface area contributed by atoms with Crippen molar-refractivity contribution in [2.24, 2.45) is 5.73 Å². The monoisotopic (exact) mass is 360 g/mol. The largest absolute Gasteiger partial charge is 0.477 e. The second kappa shape index (κ2) is 8.06. The average Bonchev–Trinajstić information content (AvgIpc) is 2.97. The molecule has 130 valence electrons. The number of nitrogens with two attached hydrogens (primary N) is 2. The first kappa shape index (κ1) is 18.1. The molecule has 5 N–H and O–H groups in total. The summed E-state index contributed by atoms with van der Waals surface area (Å²) < 4.78 is 5.66. The number of hydrogen-bond donors (Lipinski definition) is 3. The summed E-state index contributed by atoms with van der Waals surface area (Å²) in [5.74, 6) is -0.986. The minimum Gasteiger partial charge on any atom is -0.477 e. The molecule has 0 aliphatic rings. The molecule has 0 unspecified atom stereocenters. The summed E-state index contributed by atoms with van der Waals surface area (Å²) >= 11 is 1.04. The molecule has 25 heavy (non-hydrogen) atoms. The number of rotatable bonds is 4. The van der Waals surface area contributed by atoms with E-state index in [9.17, 15) is 9.59 Å². The summed E-state index contributed by atoms with van der Waals surface area (Å²) in [4.78, 5) is 29.0. The van der Waals surface area contributed by atoms with Crippen LogP contribution in [0.5, 0.6) is 5.88 Å². The molecule has 3 aromatic rings. The molecule has 0 aliphatic heterocycles. The summed E-state index contributed by atoms with van der Waals surface area (Å²) in [5.41, 5.74) is 11.1. The van der Waals surface area contributed by atoms with Gasteiger partial charge in [0.2, 0.25) is 17.7 Å². The number of thiophene rings is 1. The van der Waals surface area contributed by atoms with Crippen molar-refractivity contribution in [3.63, 3.8) is 0 Å². The molecule has 9 heteroatoms. The van der Waals surface area contributed by atoms with E-state index in [2.05, 4.69) is 15.7 Å². The number of anilines is 1. The number of nitrogen functional groups attached to an aromatic ring is 1. The highest BCUT2D eigenvalue weighted by Crippen LogP contribution is 2.31. The Morgan fingerprint density at radius 1 is 1.24 bits per heavy atom. The summed E-state index contributed by atoms with van der Waals surface area (Å²) in [6.07, 6.45) is 0. The molecule has 3 rings (SSSR count). The van der Waals surface area contributed by atoms with Gasteiger partial charge in [-0.2, -0.15) is 4.98 Å². The zero-order chi connectivity index (χ0) is 18.4. The molecule has 2 aromatic heterocycles. The van der Waals surface area contributed by atoms with E-state index >= 15 is 0 Å². The number of nitrogens with zero attached hydrogens (tertiary/aromatic N) is 2. The van der Waals surface area contributed by atoms with E-state index in [1.165, 1.54) is 13.0 Å². The van der Waals surface area contributed by atoms with Crippen LogP contribution in [0.1, 0.15) is 22.2 Å². The molecular formula is C16H16N4O4S. The lowest BCUT2D eigenvalue weighted by Gasteiger charge is -2.06. The number of amides is 1. The highest BCUT2D eigenvalue weighted by molar-refractivity contribution is 7.20. The predicted molar refractivity (Wildman–Crippen MR) is 94.4 cm³/mol. The van der Waals surface area contributed by atoms with Crippen LogP contribution in [0.2, 0.25) is 0 Å². The zero-order valence-electron chi connectivity index (χ0n) is 13.3. The molecule has 0 bridgehead atoms. The van der Waals surface area contributed by atoms with Gasteiger partial charge in [-0.05, 0) is 11.6 Å². The number of aromatic carboxylic acids is 1. The second-order valence-corrected chi connectivity index (χ2v) is 5.94. The first-order valence-corrected chi connectivity index (χ1v) is 7.91. The molecule has 0 aliphatic carbocycles. The zero-order valence-corrected chi connectivity index (χ0v) is 14.1. The van der Waals surface area contributed by atoms with Crippen molar-refractivity contribution in [3.8, 4) is 5.88 Å². The minimum atomic E-state index is -1.01. The molecule has 8 nitrogen and oxygen atoms in total. The fraction of sp³-hybridized carbons (Fsp3) is 0.125. The van der Waals surface area contributed by atoms with Crippen LogP contribution >= 0.6 is 11.3 Å². The molecule has 0 saturated carbocycles. The van der Waals surface area contributed by atoms with Gasteiger partial charge in [0.1, 0.15) is 16.3 Å². The highest BCUT2D eigenvalue weighted by Gasteiger charge is 2.15. The number of hydrogen-bond acceptors (Lipinski definition) is 7. The van der Waals surface area contributed by atoms with Crippen LogP contribution in [0, 0.1) is 0 Å². The maximum Gasteiger partial charge on any atom is 0.345 e. The third kappa shape index (κ3) is 5.15. The normalized spacial score (nSPS) is 9.96. The Labute approximate surface area is 147 Å². The topological polar surface area (TPSA) is 141 Å². The van der Waals surface area contributed by atoms with Gasteiger partial charge < -0.3 is 21.3 Å². The van der Waals surface area contributed by atoms with Crippen molar-refractivity contribution in [1.82, 2.24) is 9.97 Å². The van der Waals surface area contributed by atoms with Gasteiger partial charge in [0.25, 0.3) is 0 Å². The summed E-state index contributed by atoms with van der Waals surface area (Å²) in [6.45, 7) is 1.63. The summed E-state index contributed by atoms with van der Waals surface area (Å²) in [7, 11) is 0. The SMILES string of the molecule is CC(N)=O.Nc1nc(OCc2ccccc2)c2cc(C(=O)O)sc2n1. The third-order valence-electron chi connectivity index (χ3n) is 2.80. The quantitative estimate of drug-likeness (QED) is 0.646. The standard InChI is InChI=1S/C14H11N3O3S.C2H5NO/c15-14-16-11(20-7-8-4-2-1-3-5-8)9-6-10(13(18)19)21-12(9)17-14;1-2(3)4/h1-6H,7H2,(H,18,19)(H2,15,16,17);1H3,(H2,3,4). The fourth-order valence-corrected chi connectivity index (χ4v) is 2.72. The van der Waals surface area contributed by atoms with Gasteiger partial charge in [0.15, 0.2) is 0 Å². The number of carboxylic acid groups (broad SMARTS) is 1. The van der Waals surface area contributed by atoms with Crippen LogP contribution in [-0.2, 0) is 11.4 Å². The second-order valence-electron chi connectivity index (χ2n) is 4.91. The Morgan fingerprint density at radius 3 is 2.48 bits per heavy atom. The lowest BCUT2D eigenvalue weighted by Crippen LogP contribution is -2.01. The van der Waals surface area contributed by atoms with Crippen molar-refractivity contribution in [2.45, 2.75) is 13.5 Å². The summed E-state index contributed by atoms with van der Waals surface area (Å²) in [6, 6.07) is 11.1. The van der Waals surface area contributed by atoms with Crippen molar-refractivity contribution >= 4 is 39.4 Å². The third-order valence-corrected chi connectivity index (χ3v) is 3.82. The van der Waals surface area contributed by atoms with Gasteiger partial charge in [-0.1, -0.05) is 30.3 Å². The van der Waals surface area contributed by atoms with Crippen LogP contribution < -0.4 is 16.2 Å². The van der Waals surface area contributed by atoms with Crippen LogP contribution in [0.15, 0.2) is 36.4 Å². The Hall–Kier alpha value is -3.20. The molecule has 0 radical (unpaired) electrons. The Balaban J connectivity index is 0.000000511. The van der Waals surface area contributed by atoms with E-state index in [1.807, 2.05) is 30.3 Å². The van der Waals surface area contributed by atoms with E-state index < -0.39 is 5.97 Å². The highest BCUT2D eigenvalue weighted by atomic mass is 32.1. The smallest absolute Gasteiger partial charge is 0.345 e. The maximum absolute atomic E-state index is 11.0. The van der Waals surface area contributed by atoms with E-state index in [0.29, 0.717) is 22.7 Å². The van der Waals surface area contributed by atoms with Gasteiger partial charge in [-0.25, -0.2) is 9.78 Å². The van der Waals surface area contributed by atoms with Crippen molar-refractivity contribution in [2.75, 3.05) is 5.73 Å². The number of fused-ring (bicyclic) bond motifs is 1. The van der Waals surface area contributed by atoms with Crippen LogP contribution in [-0.4, -0.2) is 27.0 Å². The molecule has 2 heterocycles. The molecule has 0 fully saturated rings. The van der Waals surface area contributed by atoms with Gasteiger partial charge in [0.05, 0.1) is 5.39 Å². The van der Waals surface area contributed by atoms with Gasteiger partial charge >= 0.3 is 5.97 Å². The lowest BCUT2D eigenvalue weighted by atomic mass is 10.2. The number of primary amides is 1. The van der Waals surface area contributed by atoms with Crippen LogP contribution in [0.25, 0.3) is 10.2 Å². The Kier molecular flexibility index (Phi) is 5.85. The molecular weight excluding hydrogens is 344 g/mol. The number of carboxylic acids is 1. The Morgan fingerprint density at radius 2 is 1.88 bits per heavy atom. The maximum atomic E-state index is 11.0. The van der Waals surface area contributed by atoms with E-state index in [0.717, 1.165) is 16.9 Å². The minimum absolute atomic E-state index is 0.0596. The average molecular weight is 360 g/mol. The molecule has 0 saturated heterocycles. The van der Waals surface area contributed by atoms with Crippen LogP contribution in [0.4, 0.5) is 5.95 Å². The number of aromatic nitrogens is 2. The fourth-order valence-electron chi connectivity index (χ4n) is 1.85. The van der Waals surface area contributed by atoms with Crippen molar-refractivity contribution in [1.29, 1.82) is 0 Å². The Bertz CT molecular complexity index is 892. The van der Waals surface area contributed by atoms with E-state index in [1.54, 1.807) is 0 Å². The summed E-state index contributed by atoms with van der Waals surface area (Å²) in [5, 5.41) is 9.60. The number of carbonyl (C=O) groups is 2. The van der Waals surface area contributed by atoms with Gasteiger partial charge in [-0.3, -0.25) is 4.79 Å². The predicted octanol–water partition coefficient (Wildman–Crippen LogP) is 2.04. The first-order chi connectivity index (χ1) is 11.9. The molecule has 0 spiro atoms. The van der Waals surface area contributed by atoms with Crippen LogP contribution in [0.3, 0.4) is 0 Å². The van der Waals surface area contributed by atoms with Gasteiger partial charge in [-0.15, -0.1) is 11.3 Å². The number of benzene rings is 1. The molecule has 1 aromatic carbocycles.